The number of carbonyl (C=O) groups excluding carboxylic acids is 1. The Morgan fingerprint density at radius 1 is 1.26 bits per heavy atom. The predicted molar refractivity (Wildman–Crippen MR) is 81.8 cm³/mol. The number of fused-ring (bicyclic) bond motifs is 1. The molecule has 1 aromatic carbocycles. The van der Waals surface area contributed by atoms with Crippen molar-refractivity contribution >= 4 is 51.7 Å². The van der Waals surface area contributed by atoms with E-state index in [9.17, 15) is 4.79 Å². The van der Waals surface area contributed by atoms with E-state index in [1.165, 1.54) is 4.88 Å². The molecule has 0 aliphatic carbocycles. The average molecular weight is 310 g/mol. The molecule has 1 N–H and O–H groups in total. The van der Waals surface area contributed by atoms with Gasteiger partial charge < -0.3 is 4.98 Å². The Balaban J connectivity index is 2.37. The first-order chi connectivity index (χ1) is 9.10. The number of H-pyrrole nitrogens is 1. The van der Waals surface area contributed by atoms with Gasteiger partial charge in [-0.2, -0.15) is 0 Å². The standard InChI is InChI=1S/C14H9Cl2NOS/c1-7-2-3-12(19-7)14-9(6-18)13-10(16)4-8(15)5-11(13)17-14/h2-6,17H,1H3. The summed E-state index contributed by atoms with van der Waals surface area (Å²) < 4.78 is 0. The monoisotopic (exact) mass is 309 g/mol. The van der Waals surface area contributed by atoms with Gasteiger partial charge in [-0.3, -0.25) is 4.79 Å². The van der Waals surface area contributed by atoms with Gasteiger partial charge in [0.2, 0.25) is 0 Å². The van der Waals surface area contributed by atoms with Gasteiger partial charge in [0, 0.05) is 20.8 Å². The Kier molecular flexibility index (Phi) is 3.13. The van der Waals surface area contributed by atoms with Crippen LogP contribution in [0.15, 0.2) is 24.3 Å². The molecule has 3 rings (SSSR count). The molecule has 0 aliphatic rings. The smallest absolute Gasteiger partial charge is 0.152 e. The lowest BCUT2D eigenvalue weighted by atomic mass is 10.1. The van der Waals surface area contributed by atoms with Crippen LogP contribution in [-0.2, 0) is 0 Å². The van der Waals surface area contributed by atoms with Gasteiger partial charge in [-0.1, -0.05) is 23.2 Å². The highest BCUT2D eigenvalue weighted by Gasteiger charge is 2.16. The SMILES string of the molecule is Cc1ccc(-c2[nH]c3cc(Cl)cc(Cl)c3c2C=O)s1. The number of aldehydes is 1. The van der Waals surface area contributed by atoms with E-state index in [4.69, 9.17) is 23.2 Å². The van der Waals surface area contributed by atoms with Crippen LogP contribution in [-0.4, -0.2) is 11.3 Å². The zero-order chi connectivity index (χ0) is 13.6. The Morgan fingerprint density at radius 3 is 2.68 bits per heavy atom. The topological polar surface area (TPSA) is 32.9 Å². The van der Waals surface area contributed by atoms with Crippen LogP contribution in [0.5, 0.6) is 0 Å². The Bertz CT molecular complexity index is 788. The van der Waals surface area contributed by atoms with Crippen LogP contribution in [0.1, 0.15) is 15.2 Å². The molecule has 0 amide bonds. The van der Waals surface area contributed by atoms with Crippen LogP contribution in [0, 0.1) is 6.92 Å². The number of halogens is 2. The largest absolute Gasteiger partial charge is 0.353 e. The summed E-state index contributed by atoms with van der Waals surface area (Å²) >= 11 is 13.8. The number of rotatable bonds is 2. The van der Waals surface area contributed by atoms with Crippen LogP contribution in [0.3, 0.4) is 0 Å². The summed E-state index contributed by atoms with van der Waals surface area (Å²) in [5, 5.41) is 1.76. The second-order valence-corrected chi connectivity index (χ2v) is 6.38. The van der Waals surface area contributed by atoms with Crippen molar-refractivity contribution in [3.05, 3.63) is 44.8 Å². The molecular weight excluding hydrogens is 301 g/mol. The molecule has 5 heteroatoms. The molecule has 0 aliphatic heterocycles. The Hall–Kier alpha value is -1.29. The molecule has 0 saturated carbocycles. The number of aryl methyl sites for hydroxylation is 1. The van der Waals surface area contributed by atoms with E-state index in [1.807, 2.05) is 19.1 Å². The molecule has 19 heavy (non-hydrogen) atoms. The fourth-order valence-electron chi connectivity index (χ4n) is 2.15. The van der Waals surface area contributed by atoms with Gasteiger partial charge >= 0.3 is 0 Å². The van der Waals surface area contributed by atoms with E-state index < -0.39 is 0 Å². The second kappa shape index (κ2) is 4.67. The first-order valence-electron chi connectivity index (χ1n) is 5.63. The van der Waals surface area contributed by atoms with E-state index in [1.54, 1.807) is 23.5 Å². The van der Waals surface area contributed by atoms with Crippen molar-refractivity contribution in [2.24, 2.45) is 0 Å². The second-order valence-electron chi connectivity index (χ2n) is 4.25. The lowest BCUT2D eigenvalue weighted by molar-refractivity contribution is 0.112. The summed E-state index contributed by atoms with van der Waals surface area (Å²) in [6, 6.07) is 7.44. The molecule has 2 nitrogen and oxygen atoms in total. The quantitative estimate of drug-likeness (QED) is 0.638. The molecule has 96 valence electrons. The van der Waals surface area contributed by atoms with Crippen molar-refractivity contribution in [1.82, 2.24) is 4.98 Å². The first kappa shape index (κ1) is 12.7. The number of aromatic amines is 1. The van der Waals surface area contributed by atoms with Crippen molar-refractivity contribution in [2.45, 2.75) is 6.92 Å². The Morgan fingerprint density at radius 2 is 2.05 bits per heavy atom. The molecule has 0 saturated heterocycles. The lowest BCUT2D eigenvalue weighted by Crippen LogP contribution is -1.81. The van der Waals surface area contributed by atoms with Crippen LogP contribution < -0.4 is 0 Å². The van der Waals surface area contributed by atoms with Gasteiger partial charge in [0.15, 0.2) is 6.29 Å². The third kappa shape index (κ3) is 2.08. The minimum absolute atomic E-state index is 0.486. The van der Waals surface area contributed by atoms with E-state index in [0.29, 0.717) is 15.6 Å². The van der Waals surface area contributed by atoms with Crippen molar-refractivity contribution < 1.29 is 4.79 Å². The maximum absolute atomic E-state index is 11.4. The van der Waals surface area contributed by atoms with Crippen LogP contribution in [0.4, 0.5) is 0 Å². The van der Waals surface area contributed by atoms with Crippen LogP contribution in [0.25, 0.3) is 21.5 Å². The summed E-state index contributed by atoms with van der Waals surface area (Å²) in [6.45, 7) is 2.03. The highest BCUT2D eigenvalue weighted by atomic mass is 35.5. The predicted octanol–water partition coefficient (Wildman–Crippen LogP) is 5.32. The average Bonchev–Trinajstić information content (AvgIpc) is 2.91. The number of nitrogens with one attached hydrogen (secondary N) is 1. The molecule has 0 spiro atoms. The van der Waals surface area contributed by atoms with Crippen molar-refractivity contribution in [3.63, 3.8) is 0 Å². The van der Waals surface area contributed by atoms with Crippen molar-refractivity contribution in [1.29, 1.82) is 0 Å². The van der Waals surface area contributed by atoms with E-state index in [0.717, 1.165) is 27.8 Å². The van der Waals surface area contributed by atoms with Crippen LogP contribution >= 0.6 is 34.5 Å². The summed E-state index contributed by atoms with van der Waals surface area (Å²) in [5.74, 6) is 0. The molecule has 2 aromatic heterocycles. The number of hydrogen-bond acceptors (Lipinski definition) is 2. The molecule has 0 unspecified atom stereocenters. The van der Waals surface area contributed by atoms with Gasteiger partial charge in [-0.05, 0) is 31.2 Å². The van der Waals surface area contributed by atoms with Gasteiger partial charge in [0.25, 0.3) is 0 Å². The maximum atomic E-state index is 11.4. The van der Waals surface area contributed by atoms with Gasteiger partial charge in [-0.25, -0.2) is 0 Å². The van der Waals surface area contributed by atoms with Crippen molar-refractivity contribution in [2.75, 3.05) is 0 Å². The summed E-state index contributed by atoms with van der Waals surface area (Å²) in [5.41, 5.74) is 2.16. The fraction of sp³-hybridized carbons (Fsp3) is 0.0714. The Labute approximate surface area is 124 Å². The number of carbonyl (C=O) groups is 1. The number of aromatic nitrogens is 1. The van der Waals surface area contributed by atoms with Crippen LogP contribution in [0.2, 0.25) is 10.0 Å². The fourth-order valence-corrected chi connectivity index (χ4v) is 3.63. The number of thiophene rings is 1. The minimum Gasteiger partial charge on any atom is -0.353 e. The zero-order valence-electron chi connectivity index (χ0n) is 9.96. The van der Waals surface area contributed by atoms with E-state index in [-0.39, 0.29) is 0 Å². The normalized spacial score (nSPS) is 11.1. The molecule has 3 aromatic rings. The van der Waals surface area contributed by atoms with Gasteiger partial charge in [0.1, 0.15) is 0 Å². The third-order valence-electron chi connectivity index (χ3n) is 2.96. The van der Waals surface area contributed by atoms with E-state index >= 15 is 0 Å². The third-order valence-corrected chi connectivity index (χ3v) is 4.49. The number of hydrogen-bond donors (Lipinski definition) is 1. The molecule has 0 atom stereocenters. The minimum atomic E-state index is 0.486. The summed E-state index contributed by atoms with van der Waals surface area (Å²) in [4.78, 5) is 16.9. The molecule has 0 fully saturated rings. The highest BCUT2D eigenvalue weighted by Crippen LogP contribution is 2.37. The van der Waals surface area contributed by atoms with E-state index in [2.05, 4.69) is 4.98 Å². The molecular formula is C14H9Cl2NOS. The lowest BCUT2D eigenvalue weighted by Gasteiger charge is -1.96. The van der Waals surface area contributed by atoms with Crippen molar-refractivity contribution in [3.8, 4) is 10.6 Å². The van der Waals surface area contributed by atoms with Gasteiger partial charge in [-0.15, -0.1) is 11.3 Å². The highest BCUT2D eigenvalue weighted by molar-refractivity contribution is 7.15. The molecule has 0 bridgehead atoms. The maximum Gasteiger partial charge on any atom is 0.152 e. The summed E-state index contributed by atoms with van der Waals surface area (Å²) in [7, 11) is 0. The zero-order valence-corrected chi connectivity index (χ0v) is 12.3. The summed E-state index contributed by atoms with van der Waals surface area (Å²) in [6.07, 6.45) is 0.836. The first-order valence-corrected chi connectivity index (χ1v) is 7.20. The molecule has 0 radical (unpaired) electrons. The number of benzene rings is 1. The van der Waals surface area contributed by atoms with Gasteiger partial charge in [0.05, 0.1) is 21.2 Å². The molecule has 2 heterocycles.